The molecule has 2 aliphatic rings. The minimum atomic E-state index is -0.292. The number of aromatic nitrogens is 1. The van der Waals surface area contributed by atoms with Crippen LogP contribution in [0.4, 0.5) is 10.1 Å². The maximum Gasteiger partial charge on any atom is 0.223 e. The van der Waals surface area contributed by atoms with Crippen LogP contribution >= 0.6 is 0 Å². The van der Waals surface area contributed by atoms with E-state index in [2.05, 4.69) is 14.7 Å². The Morgan fingerprint density at radius 1 is 0.900 bits per heavy atom. The summed E-state index contributed by atoms with van der Waals surface area (Å²) in [6.07, 6.45) is 3.69. The largest absolute Gasteiger partial charge is 0.503 e. The number of rotatable bonds is 5. The summed E-state index contributed by atoms with van der Waals surface area (Å²) in [5.74, 6) is -0.362. The molecule has 6 nitrogen and oxygen atoms in total. The van der Waals surface area contributed by atoms with E-state index >= 15 is 0 Å². The lowest BCUT2D eigenvalue weighted by Gasteiger charge is -2.36. The Kier molecular flexibility index (Phi) is 6.39. The van der Waals surface area contributed by atoms with E-state index in [9.17, 15) is 14.3 Å². The molecule has 7 heteroatoms. The first-order valence-corrected chi connectivity index (χ1v) is 10.9. The van der Waals surface area contributed by atoms with Gasteiger partial charge in [0.15, 0.2) is 5.75 Å². The van der Waals surface area contributed by atoms with Gasteiger partial charge in [-0.2, -0.15) is 0 Å². The first-order valence-electron chi connectivity index (χ1n) is 10.9. The highest BCUT2D eigenvalue weighted by Crippen LogP contribution is 2.21. The van der Waals surface area contributed by atoms with Crippen LogP contribution < -0.4 is 10.3 Å². The van der Waals surface area contributed by atoms with Crippen molar-refractivity contribution in [3.8, 4) is 5.75 Å². The van der Waals surface area contributed by atoms with Crippen molar-refractivity contribution < 1.29 is 9.50 Å². The fourth-order valence-corrected chi connectivity index (χ4v) is 4.50. The molecule has 2 saturated heterocycles. The van der Waals surface area contributed by atoms with Gasteiger partial charge in [-0.15, -0.1) is 0 Å². The maximum atomic E-state index is 13.2. The summed E-state index contributed by atoms with van der Waals surface area (Å²) in [6.45, 7) is 6.72. The van der Waals surface area contributed by atoms with Crippen molar-refractivity contribution in [2.24, 2.45) is 7.05 Å². The van der Waals surface area contributed by atoms with Crippen LogP contribution in [0.25, 0.3) is 0 Å². The monoisotopic (exact) mass is 414 g/mol. The molecule has 3 heterocycles. The molecule has 0 spiro atoms. The van der Waals surface area contributed by atoms with Crippen molar-refractivity contribution in [1.29, 1.82) is 0 Å². The fourth-order valence-electron chi connectivity index (χ4n) is 4.50. The van der Waals surface area contributed by atoms with Gasteiger partial charge >= 0.3 is 0 Å². The van der Waals surface area contributed by atoms with E-state index < -0.39 is 0 Å². The lowest BCUT2D eigenvalue weighted by molar-refractivity contribution is 0.212. The summed E-state index contributed by atoms with van der Waals surface area (Å²) >= 11 is 0. The molecule has 0 saturated carbocycles. The number of anilines is 1. The van der Waals surface area contributed by atoms with Gasteiger partial charge in [0, 0.05) is 63.8 Å². The topological polar surface area (TPSA) is 52.0 Å². The number of benzene rings is 1. The highest BCUT2D eigenvalue weighted by Gasteiger charge is 2.22. The molecular formula is C23H31FN4O2. The van der Waals surface area contributed by atoms with Crippen molar-refractivity contribution in [2.45, 2.75) is 32.4 Å². The average Bonchev–Trinajstić information content (AvgIpc) is 2.77. The quantitative estimate of drug-likeness (QED) is 0.815. The summed E-state index contributed by atoms with van der Waals surface area (Å²) < 4.78 is 15.2. The number of piperazine rings is 1. The molecule has 1 aromatic carbocycles. The zero-order chi connectivity index (χ0) is 21.1. The molecule has 0 amide bonds. The predicted octanol–water partition coefficient (Wildman–Crippen LogP) is 2.54. The summed E-state index contributed by atoms with van der Waals surface area (Å²) in [6, 6.07) is 8.18. The van der Waals surface area contributed by atoms with Crippen LogP contribution in [-0.4, -0.2) is 58.7 Å². The number of likely N-dealkylation sites (tertiary alicyclic amines) is 1. The van der Waals surface area contributed by atoms with E-state index in [4.69, 9.17) is 0 Å². The fraction of sp³-hybridized carbons (Fsp3) is 0.522. The molecule has 1 N–H and O–H groups in total. The number of pyridine rings is 1. The Hall–Kier alpha value is -2.38. The molecular weight excluding hydrogens is 383 g/mol. The first kappa shape index (κ1) is 20.9. The van der Waals surface area contributed by atoms with Crippen LogP contribution in [-0.2, 0) is 20.1 Å². The summed E-state index contributed by atoms with van der Waals surface area (Å²) in [5.41, 5.74) is 2.37. The van der Waals surface area contributed by atoms with Gasteiger partial charge in [-0.05, 0) is 50.2 Å². The molecule has 30 heavy (non-hydrogen) atoms. The van der Waals surface area contributed by atoms with Gasteiger partial charge in [-0.1, -0.05) is 6.42 Å². The van der Waals surface area contributed by atoms with E-state index in [0.717, 1.165) is 57.2 Å². The van der Waals surface area contributed by atoms with Crippen molar-refractivity contribution in [3.63, 3.8) is 0 Å². The lowest BCUT2D eigenvalue weighted by atomic mass is 10.1. The smallest absolute Gasteiger partial charge is 0.223 e. The lowest BCUT2D eigenvalue weighted by Crippen LogP contribution is -2.46. The van der Waals surface area contributed by atoms with E-state index in [0.29, 0.717) is 12.2 Å². The number of hydrogen-bond acceptors (Lipinski definition) is 5. The average molecular weight is 415 g/mol. The van der Waals surface area contributed by atoms with Gasteiger partial charge in [0.05, 0.1) is 5.69 Å². The third kappa shape index (κ3) is 4.68. The van der Waals surface area contributed by atoms with Crippen LogP contribution in [0.5, 0.6) is 5.75 Å². The van der Waals surface area contributed by atoms with Gasteiger partial charge in [0.2, 0.25) is 5.43 Å². The molecule has 0 atom stereocenters. The second-order valence-corrected chi connectivity index (χ2v) is 8.43. The molecule has 0 bridgehead atoms. The van der Waals surface area contributed by atoms with Crippen LogP contribution in [0.2, 0.25) is 0 Å². The van der Waals surface area contributed by atoms with Crippen molar-refractivity contribution in [1.82, 2.24) is 14.4 Å². The minimum absolute atomic E-state index is 0.138. The molecule has 0 aliphatic carbocycles. The van der Waals surface area contributed by atoms with Crippen molar-refractivity contribution >= 4 is 5.69 Å². The zero-order valence-electron chi connectivity index (χ0n) is 17.7. The zero-order valence-corrected chi connectivity index (χ0v) is 17.7. The number of hydrogen-bond donors (Lipinski definition) is 1. The maximum absolute atomic E-state index is 13.2. The molecule has 2 fully saturated rings. The number of nitrogens with zero attached hydrogens (tertiary/aromatic N) is 4. The predicted molar refractivity (Wildman–Crippen MR) is 116 cm³/mol. The Morgan fingerprint density at radius 3 is 2.20 bits per heavy atom. The van der Waals surface area contributed by atoms with Gasteiger partial charge in [0.1, 0.15) is 5.82 Å². The highest BCUT2D eigenvalue weighted by atomic mass is 19.1. The molecule has 4 rings (SSSR count). The molecule has 2 aromatic rings. The first-order chi connectivity index (χ1) is 14.5. The summed E-state index contributed by atoms with van der Waals surface area (Å²) in [5, 5.41) is 10.5. The van der Waals surface area contributed by atoms with Crippen LogP contribution in [0, 0.1) is 5.82 Å². The van der Waals surface area contributed by atoms with Gasteiger partial charge in [-0.25, -0.2) is 4.39 Å². The minimum Gasteiger partial charge on any atom is -0.503 e. The van der Waals surface area contributed by atoms with E-state index in [1.54, 1.807) is 6.07 Å². The second-order valence-electron chi connectivity index (χ2n) is 8.43. The van der Waals surface area contributed by atoms with Gasteiger partial charge in [0.25, 0.3) is 0 Å². The van der Waals surface area contributed by atoms with Crippen molar-refractivity contribution in [3.05, 3.63) is 57.8 Å². The summed E-state index contributed by atoms with van der Waals surface area (Å²) in [7, 11) is 1.95. The normalized spacial score (nSPS) is 18.7. The number of piperidine rings is 1. The molecule has 162 valence electrons. The SMILES string of the molecule is Cn1c(CN2CCCCC2)cc(=O)c(O)c1CN1CCN(c2ccc(F)cc2)CC1. The second kappa shape index (κ2) is 9.18. The van der Waals surface area contributed by atoms with E-state index in [1.165, 1.54) is 31.4 Å². The Balaban J connectivity index is 1.44. The standard InChI is InChI=1S/C23H31FN4O2/c1-25-20(16-26-9-3-2-4-10-26)15-22(29)23(30)21(25)17-27-11-13-28(14-12-27)19-7-5-18(24)6-8-19/h5-8,15,30H,2-4,9-14,16-17H2,1H3. The van der Waals surface area contributed by atoms with Gasteiger partial charge in [-0.3, -0.25) is 14.6 Å². The third-order valence-corrected chi connectivity index (χ3v) is 6.41. The Bertz CT molecular complexity index is 914. The third-order valence-electron chi connectivity index (χ3n) is 6.41. The Morgan fingerprint density at radius 2 is 1.53 bits per heavy atom. The van der Waals surface area contributed by atoms with Crippen LogP contribution in [0.1, 0.15) is 30.7 Å². The molecule has 0 radical (unpaired) electrons. The summed E-state index contributed by atoms with van der Waals surface area (Å²) in [4.78, 5) is 19.3. The van der Waals surface area contributed by atoms with E-state index in [-0.39, 0.29) is 17.0 Å². The van der Waals surface area contributed by atoms with Crippen LogP contribution in [0.15, 0.2) is 35.1 Å². The van der Waals surface area contributed by atoms with Crippen LogP contribution in [0.3, 0.4) is 0 Å². The molecule has 2 aliphatic heterocycles. The highest BCUT2D eigenvalue weighted by molar-refractivity contribution is 5.46. The Labute approximate surface area is 177 Å². The van der Waals surface area contributed by atoms with Crippen molar-refractivity contribution in [2.75, 3.05) is 44.2 Å². The van der Waals surface area contributed by atoms with E-state index in [1.807, 2.05) is 23.7 Å². The van der Waals surface area contributed by atoms with Gasteiger partial charge < -0.3 is 14.6 Å². The number of aromatic hydroxyl groups is 1. The number of halogens is 1. The molecule has 1 aromatic heterocycles. The molecule has 0 unspecified atom stereocenters.